The van der Waals surface area contributed by atoms with Crippen molar-refractivity contribution in [3.63, 3.8) is 0 Å². The van der Waals surface area contributed by atoms with E-state index >= 15 is 0 Å². The van der Waals surface area contributed by atoms with Crippen LogP contribution in [0.3, 0.4) is 0 Å². The quantitative estimate of drug-likeness (QED) is 0.0372. The molecule has 2 saturated carbocycles. The molecule has 0 spiro atoms. The fourth-order valence-corrected chi connectivity index (χ4v) is 15.4. The first-order valence-electron chi connectivity index (χ1n) is 36.3. The Morgan fingerprint density at radius 2 is 0.577 bits per heavy atom. The van der Waals surface area contributed by atoms with Gasteiger partial charge < -0.3 is 85.5 Å². The Labute approximate surface area is 574 Å². The maximum Gasteiger partial charge on any atom is 0.226 e. The third kappa shape index (κ3) is 26.3. The minimum Gasteiger partial charge on any atom is -0.369 e. The lowest BCUT2D eigenvalue weighted by atomic mass is 9.95. The maximum atomic E-state index is 14.2. The fourth-order valence-electron chi connectivity index (χ4n) is 15.4. The van der Waals surface area contributed by atoms with E-state index < -0.39 is 95.9 Å². The Kier molecular flexibility index (Phi) is 31.7. The lowest BCUT2D eigenvalue weighted by Crippen LogP contribution is -2.52. The van der Waals surface area contributed by atoms with Crippen molar-refractivity contribution < 1.29 is 57.5 Å². The Morgan fingerprint density at radius 1 is 0.309 bits per heavy atom. The lowest BCUT2D eigenvalue weighted by Gasteiger charge is -2.28. The molecule has 28 nitrogen and oxygen atoms in total. The molecule has 2 aliphatic carbocycles. The third-order valence-electron chi connectivity index (χ3n) is 19.7. The number of hydrogen-bond acceptors (Lipinski definition) is 16. The minimum absolute atomic E-state index is 0.00825. The summed E-state index contributed by atoms with van der Waals surface area (Å²) in [6.45, 7) is 24.1. The van der Waals surface area contributed by atoms with E-state index in [4.69, 9.17) is 5.73 Å². The molecule has 548 valence electrons. The topological polar surface area (TPSA) is 411 Å². The first-order chi connectivity index (χ1) is 45.9. The monoisotopic (exact) mass is 1360 g/mol. The highest BCUT2D eigenvalue weighted by Crippen LogP contribution is 2.29. The molecule has 4 saturated heterocycles. The van der Waals surface area contributed by atoms with Crippen LogP contribution >= 0.6 is 0 Å². The van der Waals surface area contributed by atoms with Gasteiger partial charge in [0.25, 0.3) is 0 Å². The molecule has 12 amide bonds. The molecule has 6 aliphatic rings. The van der Waals surface area contributed by atoms with Gasteiger partial charge in [0.1, 0.15) is 0 Å². The second-order valence-corrected chi connectivity index (χ2v) is 30.9. The van der Waals surface area contributed by atoms with Crippen molar-refractivity contribution in [1.82, 2.24) is 79.8 Å². The SMILES string of the molecule is CC(=O)N[C@H]1CCC[C@@H]1C(=O)N[C@H](CC(=O)N[C@H]1CNC[C@@H]1C(=O)N[C@H](CC(=O)N[C@H](CC(=O)N[C@H]1CNC[C@@H]1C(=O)N[C@H](CC(=O)N[C@H]1CNC[C@@H]1C(=O)N[C@H](CC(=O)N[C@H]1CCC[C@@H]1C(=O)N[C@H]1CNC[C@@H]1C(N)=O)CC(C)C)CC(C)C)CC(C)C)CC(C)C)CC(C)C. The maximum absolute atomic E-state index is 14.2. The molecule has 97 heavy (non-hydrogen) atoms. The summed E-state index contributed by atoms with van der Waals surface area (Å²) in [5.74, 6) is -6.36. The summed E-state index contributed by atoms with van der Waals surface area (Å²) in [5.41, 5.74) is 5.57. The normalized spacial score (nSPS) is 27.0. The number of nitrogens with two attached hydrogens (primary N) is 1. The van der Waals surface area contributed by atoms with Crippen molar-refractivity contribution >= 4 is 70.9 Å². The highest BCUT2D eigenvalue weighted by atomic mass is 16.2. The van der Waals surface area contributed by atoms with Crippen LogP contribution in [-0.2, 0) is 57.5 Å². The van der Waals surface area contributed by atoms with Crippen LogP contribution in [0.5, 0.6) is 0 Å². The average molecular weight is 1370 g/mol. The van der Waals surface area contributed by atoms with Crippen molar-refractivity contribution in [2.45, 2.75) is 245 Å². The number of hydrogen-bond donors (Lipinski definition) is 16. The summed E-state index contributed by atoms with van der Waals surface area (Å²) in [6, 6.07) is -5.43. The standard InChI is InChI=1S/C69H120N16O12/c1-36(2)18-42(76-59(87)24-43(19-37(3)4)78-67(95)51-30-73-34-57(51)83-62(90)26-44(20-38(5)6)77-65(93)47-14-12-16-53(47)75-41(11)86)23-61(89)82-56-33-72-29-50(56)69(97)80-46(22-40(9)10)27-63(91)84-58-35-74-31-52(58)68(96)79-45(21-39(7)8)25-60(88)81-54-17-13-15-48(54)66(94)85-55-32-71-28-49(55)64(70)92/h36-40,42-58,71-74H,12-35H2,1-11H3,(H2,70,92)(H,75,86)(H,76,87)(H,77,93)(H,78,95)(H,79,96)(H,80,97)(H,81,88)(H,82,89)(H,83,90)(H,84,91)(H,85,94)/t42-,43-,44-,45-,46-,47-,48-,49-,50-,51-,52-,53-,54-,55-,56-,57-,58-/m0/s1. The van der Waals surface area contributed by atoms with Crippen LogP contribution < -0.4 is 85.5 Å². The highest BCUT2D eigenvalue weighted by Gasteiger charge is 2.43. The first kappa shape index (κ1) is 79.5. The van der Waals surface area contributed by atoms with E-state index in [1.807, 2.05) is 69.2 Å². The number of amides is 12. The number of carbonyl (C=O) groups is 12. The van der Waals surface area contributed by atoms with Crippen LogP contribution in [0.4, 0.5) is 0 Å². The van der Waals surface area contributed by atoms with Crippen LogP contribution in [-0.4, -0.2) is 190 Å². The van der Waals surface area contributed by atoms with Crippen molar-refractivity contribution in [2.24, 2.45) is 70.8 Å². The summed E-state index contributed by atoms with van der Waals surface area (Å²) >= 11 is 0. The molecule has 6 fully saturated rings. The van der Waals surface area contributed by atoms with Gasteiger partial charge in [-0.05, 0) is 87.4 Å². The van der Waals surface area contributed by atoms with Crippen LogP contribution in [0.1, 0.15) is 179 Å². The largest absolute Gasteiger partial charge is 0.369 e. The smallest absolute Gasteiger partial charge is 0.226 e. The van der Waals surface area contributed by atoms with Crippen molar-refractivity contribution in [2.75, 3.05) is 52.4 Å². The summed E-state index contributed by atoms with van der Waals surface area (Å²) in [4.78, 5) is 162. The van der Waals surface area contributed by atoms with E-state index in [2.05, 4.69) is 79.8 Å². The Morgan fingerprint density at radius 3 is 0.897 bits per heavy atom. The van der Waals surface area contributed by atoms with Crippen LogP contribution in [0, 0.1) is 65.1 Å². The molecule has 0 unspecified atom stereocenters. The molecule has 28 heteroatoms. The van der Waals surface area contributed by atoms with E-state index in [1.54, 1.807) is 0 Å². The molecular formula is C69H120N16O12. The molecule has 17 N–H and O–H groups in total. The van der Waals surface area contributed by atoms with Crippen molar-refractivity contribution in [1.29, 1.82) is 0 Å². The average Bonchev–Trinajstić information content (AvgIpc) is 1.87. The predicted molar refractivity (Wildman–Crippen MR) is 367 cm³/mol. The zero-order valence-electron chi connectivity index (χ0n) is 59.6. The predicted octanol–water partition coefficient (Wildman–Crippen LogP) is -0.517. The van der Waals surface area contributed by atoms with Crippen LogP contribution in [0.25, 0.3) is 0 Å². The number of rotatable bonds is 37. The second kappa shape index (κ2) is 38.7. The molecule has 0 bridgehead atoms. The number of primary amides is 1. The molecule has 0 aromatic heterocycles. The summed E-state index contributed by atoms with van der Waals surface area (Å²) in [5, 5.41) is 46.3. The van der Waals surface area contributed by atoms with Gasteiger partial charge in [-0.25, -0.2) is 0 Å². The zero-order valence-corrected chi connectivity index (χ0v) is 59.6. The Balaban J connectivity index is 0.971. The van der Waals surface area contributed by atoms with E-state index in [9.17, 15) is 57.5 Å². The van der Waals surface area contributed by atoms with Crippen molar-refractivity contribution in [3.05, 3.63) is 0 Å². The van der Waals surface area contributed by atoms with Gasteiger partial charge in [-0.2, -0.15) is 0 Å². The molecule has 17 atom stereocenters. The van der Waals surface area contributed by atoms with Gasteiger partial charge >= 0.3 is 0 Å². The Bertz CT molecular complexity index is 2700. The fraction of sp³-hybridized carbons (Fsp3) is 0.826. The lowest BCUT2D eigenvalue weighted by molar-refractivity contribution is -0.130. The Hall–Kier alpha value is -6.52. The third-order valence-corrected chi connectivity index (χ3v) is 19.7. The highest BCUT2D eigenvalue weighted by molar-refractivity contribution is 5.88. The van der Waals surface area contributed by atoms with Gasteiger partial charge in [0.15, 0.2) is 0 Å². The van der Waals surface area contributed by atoms with E-state index in [-0.39, 0.29) is 145 Å². The van der Waals surface area contributed by atoms with Gasteiger partial charge in [0.2, 0.25) is 70.9 Å². The van der Waals surface area contributed by atoms with Crippen LogP contribution in [0.15, 0.2) is 0 Å². The molecule has 0 aromatic carbocycles. The van der Waals surface area contributed by atoms with E-state index in [1.165, 1.54) is 6.92 Å². The van der Waals surface area contributed by atoms with Gasteiger partial charge in [-0.15, -0.1) is 0 Å². The van der Waals surface area contributed by atoms with Gasteiger partial charge in [-0.3, -0.25) is 57.5 Å². The number of carbonyl (C=O) groups excluding carboxylic acids is 12. The minimum atomic E-state index is -0.672. The molecule has 6 rings (SSSR count). The van der Waals surface area contributed by atoms with E-state index in [0.29, 0.717) is 104 Å². The van der Waals surface area contributed by atoms with Crippen LogP contribution in [0.2, 0.25) is 0 Å². The molecule has 4 aliphatic heterocycles. The number of nitrogens with one attached hydrogen (secondary N) is 15. The van der Waals surface area contributed by atoms with Gasteiger partial charge in [-0.1, -0.05) is 82.1 Å². The van der Waals surface area contributed by atoms with Gasteiger partial charge in [0, 0.05) is 134 Å². The molecular weight excluding hydrogens is 1240 g/mol. The summed E-state index contributed by atoms with van der Waals surface area (Å²) in [7, 11) is 0. The zero-order chi connectivity index (χ0) is 71.2. The summed E-state index contributed by atoms with van der Waals surface area (Å²) < 4.78 is 0. The molecule has 0 radical (unpaired) electrons. The summed E-state index contributed by atoms with van der Waals surface area (Å²) in [6.07, 6.45) is 6.48. The molecule has 0 aromatic rings. The second-order valence-electron chi connectivity index (χ2n) is 30.9. The van der Waals surface area contributed by atoms with E-state index in [0.717, 1.165) is 12.8 Å². The van der Waals surface area contributed by atoms with Gasteiger partial charge in [0.05, 0.1) is 59.7 Å². The molecule has 4 heterocycles. The van der Waals surface area contributed by atoms with Crippen molar-refractivity contribution in [3.8, 4) is 0 Å². The first-order valence-corrected chi connectivity index (χ1v) is 36.3.